The Kier molecular flexibility index (Phi) is 5.62. The van der Waals surface area contributed by atoms with E-state index in [1.165, 1.54) is 12.8 Å². The first-order chi connectivity index (χ1) is 7.25. The fourth-order valence-electron chi connectivity index (χ4n) is 2.13. The maximum Gasteiger partial charge on any atom is 0.161 e. The summed E-state index contributed by atoms with van der Waals surface area (Å²) in [6.07, 6.45) is 9.65. The smallest absolute Gasteiger partial charge is 0.161 e. The summed E-state index contributed by atoms with van der Waals surface area (Å²) in [7, 11) is 0. The number of aliphatic hydroxyl groups excluding tert-OH is 1. The zero-order valence-corrected chi connectivity index (χ0v) is 9.67. The minimum atomic E-state index is 0.280. The van der Waals surface area contributed by atoms with Gasteiger partial charge in [0.1, 0.15) is 0 Å². The molecule has 86 valence electrons. The highest BCUT2D eigenvalue weighted by molar-refractivity contribution is 5.98. The summed E-state index contributed by atoms with van der Waals surface area (Å²) in [5, 5.41) is 8.61. The first-order valence-corrected chi connectivity index (χ1v) is 6.07. The fourth-order valence-corrected chi connectivity index (χ4v) is 2.13. The molecule has 0 fully saturated rings. The lowest BCUT2D eigenvalue weighted by Crippen LogP contribution is -2.08. The zero-order valence-electron chi connectivity index (χ0n) is 9.67. The minimum Gasteiger partial charge on any atom is -0.396 e. The highest BCUT2D eigenvalue weighted by atomic mass is 16.2. The number of ketones is 1. The van der Waals surface area contributed by atoms with Crippen LogP contribution in [0.15, 0.2) is 11.6 Å². The van der Waals surface area contributed by atoms with E-state index in [1.807, 2.05) is 6.92 Å². The summed E-state index contributed by atoms with van der Waals surface area (Å²) >= 11 is 0. The third-order valence-corrected chi connectivity index (χ3v) is 3.18. The van der Waals surface area contributed by atoms with Gasteiger partial charge in [-0.05, 0) is 31.8 Å². The van der Waals surface area contributed by atoms with Gasteiger partial charge in [0.05, 0.1) is 0 Å². The van der Waals surface area contributed by atoms with Crippen LogP contribution in [-0.4, -0.2) is 17.5 Å². The molecule has 1 unspecified atom stereocenters. The average molecular weight is 210 g/mol. The van der Waals surface area contributed by atoms with Crippen molar-refractivity contribution < 1.29 is 9.90 Å². The van der Waals surface area contributed by atoms with E-state index >= 15 is 0 Å². The van der Waals surface area contributed by atoms with Crippen LogP contribution in [0.5, 0.6) is 0 Å². The molecule has 0 amide bonds. The van der Waals surface area contributed by atoms with Crippen LogP contribution in [0.2, 0.25) is 0 Å². The number of aliphatic hydroxyl groups is 1. The first-order valence-electron chi connectivity index (χ1n) is 6.07. The standard InChI is InChI=1S/C13H22O2/c1-11-8-9-12(13(11)15)7-5-3-2-4-6-10-14/h8,12,14H,2-7,9-10H2,1H3. The molecule has 0 saturated carbocycles. The molecule has 1 atom stereocenters. The van der Waals surface area contributed by atoms with E-state index in [4.69, 9.17) is 5.11 Å². The van der Waals surface area contributed by atoms with Crippen molar-refractivity contribution >= 4 is 5.78 Å². The van der Waals surface area contributed by atoms with Crippen molar-refractivity contribution in [1.82, 2.24) is 0 Å². The second-order valence-electron chi connectivity index (χ2n) is 4.46. The van der Waals surface area contributed by atoms with Crippen molar-refractivity contribution in [3.8, 4) is 0 Å². The van der Waals surface area contributed by atoms with Gasteiger partial charge in [0.15, 0.2) is 5.78 Å². The van der Waals surface area contributed by atoms with E-state index in [0.717, 1.165) is 37.7 Å². The number of hydrogen-bond donors (Lipinski definition) is 1. The van der Waals surface area contributed by atoms with Crippen molar-refractivity contribution in [2.24, 2.45) is 5.92 Å². The van der Waals surface area contributed by atoms with Crippen molar-refractivity contribution in [2.75, 3.05) is 6.61 Å². The third-order valence-electron chi connectivity index (χ3n) is 3.18. The lowest BCUT2D eigenvalue weighted by molar-refractivity contribution is -0.118. The quantitative estimate of drug-likeness (QED) is 0.656. The molecule has 0 spiro atoms. The Morgan fingerprint density at radius 2 is 1.93 bits per heavy atom. The number of allylic oxidation sites excluding steroid dienone is 2. The minimum absolute atomic E-state index is 0.280. The summed E-state index contributed by atoms with van der Waals surface area (Å²) in [6.45, 7) is 2.23. The van der Waals surface area contributed by atoms with E-state index in [-0.39, 0.29) is 5.92 Å². The number of rotatable bonds is 7. The van der Waals surface area contributed by atoms with Gasteiger partial charge in [0, 0.05) is 12.5 Å². The maximum atomic E-state index is 11.6. The van der Waals surface area contributed by atoms with Gasteiger partial charge < -0.3 is 5.11 Å². The zero-order chi connectivity index (χ0) is 11.1. The topological polar surface area (TPSA) is 37.3 Å². The van der Waals surface area contributed by atoms with Crippen molar-refractivity contribution in [1.29, 1.82) is 0 Å². The third kappa shape index (κ3) is 4.17. The molecule has 15 heavy (non-hydrogen) atoms. The normalized spacial score (nSPS) is 20.8. The van der Waals surface area contributed by atoms with Gasteiger partial charge in [-0.1, -0.05) is 31.8 Å². The molecule has 1 N–H and O–H groups in total. The van der Waals surface area contributed by atoms with Crippen molar-refractivity contribution in [3.63, 3.8) is 0 Å². The monoisotopic (exact) mass is 210 g/mol. The Labute approximate surface area is 92.4 Å². The van der Waals surface area contributed by atoms with Gasteiger partial charge in [-0.15, -0.1) is 0 Å². The molecular weight excluding hydrogens is 188 g/mol. The molecule has 0 aromatic carbocycles. The molecule has 2 heteroatoms. The van der Waals surface area contributed by atoms with Gasteiger partial charge >= 0.3 is 0 Å². The van der Waals surface area contributed by atoms with Gasteiger partial charge in [0.25, 0.3) is 0 Å². The maximum absolute atomic E-state index is 11.6. The Balaban J connectivity index is 2.00. The lowest BCUT2D eigenvalue weighted by atomic mass is 9.96. The van der Waals surface area contributed by atoms with Crippen LogP contribution >= 0.6 is 0 Å². The van der Waals surface area contributed by atoms with E-state index in [2.05, 4.69) is 6.08 Å². The second-order valence-corrected chi connectivity index (χ2v) is 4.46. The van der Waals surface area contributed by atoms with Gasteiger partial charge in [-0.25, -0.2) is 0 Å². The second kappa shape index (κ2) is 6.78. The predicted octanol–water partition coefficient (Wildman–Crippen LogP) is 2.85. The average Bonchev–Trinajstić information content (AvgIpc) is 2.54. The number of carbonyl (C=O) groups excluding carboxylic acids is 1. The Morgan fingerprint density at radius 3 is 2.53 bits per heavy atom. The Morgan fingerprint density at radius 1 is 1.27 bits per heavy atom. The van der Waals surface area contributed by atoms with Crippen LogP contribution in [0.25, 0.3) is 0 Å². The molecule has 0 aliphatic heterocycles. The van der Waals surface area contributed by atoms with E-state index in [9.17, 15) is 4.79 Å². The molecule has 1 aliphatic carbocycles. The molecular formula is C13H22O2. The highest BCUT2D eigenvalue weighted by Crippen LogP contribution is 2.25. The van der Waals surface area contributed by atoms with Crippen LogP contribution in [-0.2, 0) is 4.79 Å². The largest absolute Gasteiger partial charge is 0.396 e. The molecule has 1 aliphatic rings. The molecule has 2 nitrogen and oxygen atoms in total. The summed E-state index contributed by atoms with van der Waals surface area (Å²) in [4.78, 5) is 11.6. The highest BCUT2D eigenvalue weighted by Gasteiger charge is 2.23. The molecule has 0 aromatic heterocycles. The molecule has 0 radical (unpaired) electrons. The molecule has 0 heterocycles. The number of hydrogen-bond acceptors (Lipinski definition) is 2. The van der Waals surface area contributed by atoms with Crippen LogP contribution in [0.3, 0.4) is 0 Å². The number of Topliss-reactive ketones (excluding diaryl/α,β-unsaturated/α-hetero) is 1. The SMILES string of the molecule is CC1=CCC(CCCCCCCO)C1=O. The van der Waals surface area contributed by atoms with E-state index in [0.29, 0.717) is 12.4 Å². The van der Waals surface area contributed by atoms with E-state index in [1.54, 1.807) is 0 Å². The van der Waals surface area contributed by atoms with Crippen LogP contribution in [0.1, 0.15) is 51.9 Å². The fraction of sp³-hybridized carbons (Fsp3) is 0.769. The first kappa shape index (κ1) is 12.4. The number of carbonyl (C=O) groups is 1. The molecule has 0 aromatic rings. The molecule has 1 rings (SSSR count). The molecule has 0 bridgehead atoms. The van der Waals surface area contributed by atoms with Crippen LogP contribution in [0.4, 0.5) is 0 Å². The van der Waals surface area contributed by atoms with Crippen molar-refractivity contribution in [2.45, 2.75) is 51.9 Å². The summed E-state index contributed by atoms with van der Waals surface area (Å²) < 4.78 is 0. The van der Waals surface area contributed by atoms with Crippen molar-refractivity contribution in [3.05, 3.63) is 11.6 Å². The summed E-state index contributed by atoms with van der Waals surface area (Å²) in [5.41, 5.74) is 0.959. The summed E-state index contributed by atoms with van der Waals surface area (Å²) in [5.74, 6) is 0.646. The van der Waals surface area contributed by atoms with Crippen LogP contribution in [0, 0.1) is 5.92 Å². The lowest BCUT2D eigenvalue weighted by Gasteiger charge is -2.07. The molecule has 0 saturated heterocycles. The van der Waals surface area contributed by atoms with E-state index < -0.39 is 0 Å². The van der Waals surface area contributed by atoms with Gasteiger partial charge in [0.2, 0.25) is 0 Å². The van der Waals surface area contributed by atoms with Crippen LogP contribution < -0.4 is 0 Å². The predicted molar refractivity (Wildman–Crippen MR) is 61.7 cm³/mol. The summed E-state index contributed by atoms with van der Waals surface area (Å²) in [6, 6.07) is 0. The number of unbranched alkanes of at least 4 members (excludes halogenated alkanes) is 4. The van der Waals surface area contributed by atoms with Gasteiger partial charge in [-0.2, -0.15) is 0 Å². The Hall–Kier alpha value is -0.630. The van der Waals surface area contributed by atoms with Gasteiger partial charge in [-0.3, -0.25) is 4.79 Å². The Bertz CT molecular complexity index is 231.